The van der Waals surface area contributed by atoms with E-state index in [1.165, 1.54) is 5.56 Å². The van der Waals surface area contributed by atoms with Gasteiger partial charge in [-0.3, -0.25) is 4.99 Å². The Morgan fingerprint density at radius 1 is 1.00 bits per heavy atom. The van der Waals surface area contributed by atoms with E-state index in [-0.39, 0.29) is 35.1 Å². The highest BCUT2D eigenvalue weighted by Gasteiger charge is 2.43. The van der Waals surface area contributed by atoms with Crippen molar-refractivity contribution < 1.29 is 8.42 Å². The van der Waals surface area contributed by atoms with E-state index >= 15 is 0 Å². The van der Waals surface area contributed by atoms with Gasteiger partial charge in [0.25, 0.3) is 0 Å². The fraction of sp³-hybridized carbons (Fsp3) is 0.381. The van der Waals surface area contributed by atoms with Crippen LogP contribution in [0, 0.1) is 0 Å². The lowest BCUT2D eigenvalue weighted by Crippen LogP contribution is -2.43. The first-order valence-corrected chi connectivity index (χ1v) is 11.2. The lowest BCUT2D eigenvalue weighted by atomic mass is 9.96. The first-order valence-electron chi connectivity index (χ1n) is 9.54. The summed E-state index contributed by atoms with van der Waals surface area (Å²) in [5.41, 5.74) is 2.44. The Bertz CT molecular complexity index is 885. The average molecular weight is 528 g/mol. The summed E-state index contributed by atoms with van der Waals surface area (Å²) in [5.74, 6) is 0.616. The number of halogens is 1. The summed E-state index contributed by atoms with van der Waals surface area (Å²) in [6.45, 7) is 1.38. The third-order valence-electron chi connectivity index (χ3n) is 5.06. The van der Waals surface area contributed by atoms with Crippen LogP contribution in [0.15, 0.2) is 65.7 Å². The lowest BCUT2D eigenvalue weighted by Gasteiger charge is -2.19. The molecule has 3 N–H and O–H groups in total. The van der Waals surface area contributed by atoms with Crippen LogP contribution < -0.4 is 15.4 Å². The van der Waals surface area contributed by atoms with Crippen molar-refractivity contribution in [2.45, 2.75) is 24.8 Å². The molecule has 0 bridgehead atoms. The zero-order valence-corrected chi connectivity index (χ0v) is 19.7. The molecule has 0 unspecified atom stereocenters. The minimum Gasteiger partial charge on any atom is -0.356 e. The van der Waals surface area contributed by atoms with Gasteiger partial charge in [0.15, 0.2) is 5.96 Å². The number of aliphatic imine (C=N–C) groups is 1. The van der Waals surface area contributed by atoms with Gasteiger partial charge >= 0.3 is 0 Å². The largest absolute Gasteiger partial charge is 0.356 e. The Morgan fingerprint density at radius 3 is 2.21 bits per heavy atom. The molecule has 1 fully saturated rings. The summed E-state index contributed by atoms with van der Waals surface area (Å²) in [5, 5.41) is 6.43. The quantitative estimate of drug-likeness (QED) is 0.266. The van der Waals surface area contributed by atoms with E-state index < -0.39 is 10.0 Å². The maximum Gasteiger partial charge on any atom is 0.213 e. The zero-order valence-electron chi connectivity index (χ0n) is 16.6. The normalized spacial score (nSPS) is 15.3. The van der Waals surface area contributed by atoms with Gasteiger partial charge < -0.3 is 10.6 Å². The number of benzene rings is 2. The van der Waals surface area contributed by atoms with Gasteiger partial charge in [0.1, 0.15) is 0 Å². The SMILES string of the molecule is CN=C(NCCS(=O)(=O)NCc1ccccc1)NCC1(c2ccccc2)CC1.I. The van der Waals surface area contributed by atoms with E-state index in [4.69, 9.17) is 0 Å². The smallest absolute Gasteiger partial charge is 0.213 e. The molecule has 8 heteroatoms. The van der Waals surface area contributed by atoms with Gasteiger partial charge in [-0.2, -0.15) is 0 Å². The fourth-order valence-corrected chi connectivity index (χ4v) is 4.05. The molecule has 0 radical (unpaired) electrons. The lowest BCUT2D eigenvalue weighted by molar-refractivity contribution is 0.579. The van der Waals surface area contributed by atoms with Crippen LogP contribution >= 0.6 is 24.0 Å². The first-order chi connectivity index (χ1) is 13.5. The number of nitrogens with zero attached hydrogens (tertiary/aromatic N) is 1. The molecule has 2 aromatic rings. The molecule has 0 atom stereocenters. The highest BCUT2D eigenvalue weighted by molar-refractivity contribution is 14.0. The van der Waals surface area contributed by atoms with Gasteiger partial charge in [0.05, 0.1) is 5.75 Å². The van der Waals surface area contributed by atoms with Crippen LogP contribution in [-0.2, 0) is 22.0 Å². The van der Waals surface area contributed by atoms with Gasteiger partial charge in [-0.05, 0) is 24.0 Å². The van der Waals surface area contributed by atoms with Crippen LogP contribution in [0.1, 0.15) is 24.0 Å². The van der Waals surface area contributed by atoms with Gasteiger partial charge in [0, 0.05) is 32.1 Å². The second-order valence-electron chi connectivity index (χ2n) is 7.12. The maximum absolute atomic E-state index is 12.2. The van der Waals surface area contributed by atoms with Gasteiger partial charge in [0.2, 0.25) is 10.0 Å². The second-order valence-corrected chi connectivity index (χ2v) is 9.05. The molecule has 0 spiro atoms. The van der Waals surface area contributed by atoms with Gasteiger partial charge in [-0.25, -0.2) is 13.1 Å². The van der Waals surface area contributed by atoms with Crippen molar-refractivity contribution in [3.63, 3.8) is 0 Å². The Hall–Kier alpha value is -1.65. The van der Waals surface area contributed by atoms with Crippen molar-refractivity contribution in [2.75, 3.05) is 25.9 Å². The summed E-state index contributed by atoms with van der Waals surface area (Å²) in [4.78, 5) is 4.20. The molecule has 3 rings (SSSR count). The van der Waals surface area contributed by atoms with E-state index in [2.05, 4.69) is 44.6 Å². The molecule has 0 heterocycles. The summed E-state index contributed by atoms with van der Waals surface area (Å²) in [7, 11) is -1.66. The molecule has 0 saturated heterocycles. The molecule has 0 amide bonds. The van der Waals surface area contributed by atoms with E-state index in [1.807, 2.05) is 36.4 Å². The van der Waals surface area contributed by atoms with Crippen molar-refractivity contribution in [3.8, 4) is 0 Å². The molecule has 29 heavy (non-hydrogen) atoms. The molecule has 0 aromatic heterocycles. The Labute approximate surface area is 190 Å². The minimum absolute atomic E-state index is 0. The van der Waals surface area contributed by atoms with E-state index in [1.54, 1.807) is 7.05 Å². The number of nitrogens with one attached hydrogen (secondary N) is 3. The number of hydrogen-bond acceptors (Lipinski definition) is 3. The monoisotopic (exact) mass is 528 g/mol. The third kappa shape index (κ3) is 7.27. The summed E-state index contributed by atoms with van der Waals surface area (Å²) >= 11 is 0. The van der Waals surface area contributed by atoms with Gasteiger partial charge in [-0.1, -0.05) is 60.7 Å². The number of rotatable bonds is 9. The topological polar surface area (TPSA) is 82.6 Å². The van der Waals surface area contributed by atoms with Crippen LogP contribution in [0.3, 0.4) is 0 Å². The Morgan fingerprint density at radius 2 is 1.62 bits per heavy atom. The molecular formula is C21H29IN4O2S. The predicted molar refractivity (Wildman–Crippen MR) is 129 cm³/mol. The molecule has 1 aliphatic rings. The summed E-state index contributed by atoms with van der Waals surface area (Å²) in [6, 6.07) is 20.0. The number of guanidine groups is 1. The van der Waals surface area contributed by atoms with E-state index in [0.717, 1.165) is 24.9 Å². The van der Waals surface area contributed by atoms with Gasteiger partial charge in [-0.15, -0.1) is 24.0 Å². The first kappa shape index (κ1) is 23.6. The maximum atomic E-state index is 12.2. The van der Waals surface area contributed by atoms with Crippen molar-refractivity contribution in [1.29, 1.82) is 0 Å². The van der Waals surface area contributed by atoms with E-state index in [9.17, 15) is 8.42 Å². The van der Waals surface area contributed by atoms with E-state index in [0.29, 0.717) is 19.0 Å². The molecular weight excluding hydrogens is 499 g/mol. The van der Waals surface area contributed by atoms with Crippen LogP contribution in [0.2, 0.25) is 0 Å². The summed E-state index contributed by atoms with van der Waals surface area (Å²) in [6.07, 6.45) is 2.30. The van der Waals surface area contributed by atoms with Crippen LogP contribution in [0.4, 0.5) is 0 Å². The number of sulfonamides is 1. The van der Waals surface area contributed by atoms with Crippen molar-refractivity contribution in [3.05, 3.63) is 71.8 Å². The van der Waals surface area contributed by atoms with Crippen molar-refractivity contribution in [1.82, 2.24) is 15.4 Å². The molecule has 0 aliphatic heterocycles. The standard InChI is InChI=1S/C21H28N4O2S.HI/c1-22-20(24-17-21(12-13-21)19-10-6-3-7-11-19)23-14-15-28(26,27)25-16-18-8-4-2-5-9-18;/h2-11,25H,12-17H2,1H3,(H2,22,23,24);1H. The Balaban J connectivity index is 0.00000300. The van der Waals surface area contributed by atoms with Crippen LogP contribution in [0.5, 0.6) is 0 Å². The highest BCUT2D eigenvalue weighted by Crippen LogP contribution is 2.47. The van der Waals surface area contributed by atoms with Crippen molar-refractivity contribution >= 4 is 40.0 Å². The van der Waals surface area contributed by atoms with Crippen molar-refractivity contribution in [2.24, 2.45) is 4.99 Å². The minimum atomic E-state index is -3.35. The molecule has 1 saturated carbocycles. The molecule has 6 nitrogen and oxygen atoms in total. The summed E-state index contributed by atoms with van der Waals surface area (Å²) < 4.78 is 27.0. The number of hydrogen-bond donors (Lipinski definition) is 3. The molecule has 2 aromatic carbocycles. The highest BCUT2D eigenvalue weighted by atomic mass is 127. The Kier molecular flexibility index (Phi) is 8.91. The second kappa shape index (κ2) is 10.9. The van der Waals surface area contributed by atoms with Crippen LogP contribution in [0.25, 0.3) is 0 Å². The predicted octanol–water partition coefficient (Wildman–Crippen LogP) is 2.62. The molecule has 158 valence electrons. The zero-order chi connectivity index (χ0) is 19.9. The molecule has 1 aliphatic carbocycles. The average Bonchev–Trinajstić information content (AvgIpc) is 3.52. The van der Waals surface area contributed by atoms with Crippen LogP contribution in [-0.4, -0.2) is 40.3 Å². The third-order valence-corrected chi connectivity index (χ3v) is 6.39. The fourth-order valence-electron chi connectivity index (χ4n) is 3.15.